The lowest BCUT2D eigenvalue weighted by atomic mass is 9.97. The van der Waals surface area contributed by atoms with Crippen molar-refractivity contribution in [3.05, 3.63) is 36.0 Å². The van der Waals surface area contributed by atoms with Crippen LogP contribution in [-0.4, -0.2) is 34.1 Å². The number of hydrogen-bond donors (Lipinski definition) is 0. The Kier molecular flexibility index (Phi) is 4.41. The van der Waals surface area contributed by atoms with E-state index in [0.29, 0.717) is 18.0 Å². The largest absolute Gasteiger partial charge is 0.420 e. The average molecular weight is 317 g/mol. The molecule has 1 aliphatic heterocycles. The van der Waals surface area contributed by atoms with E-state index in [1.54, 1.807) is 18.2 Å². The highest BCUT2D eigenvalue weighted by Gasteiger charge is 2.29. The van der Waals surface area contributed by atoms with Gasteiger partial charge in [-0.1, -0.05) is 26.0 Å². The molecule has 2 aromatic rings. The van der Waals surface area contributed by atoms with Crippen LogP contribution in [0.5, 0.6) is 0 Å². The molecule has 1 aromatic carbocycles. The first-order chi connectivity index (χ1) is 11.1. The van der Waals surface area contributed by atoms with Crippen molar-refractivity contribution in [3.8, 4) is 11.5 Å². The van der Waals surface area contributed by atoms with Gasteiger partial charge >= 0.3 is 0 Å². The van der Waals surface area contributed by atoms with Gasteiger partial charge in [0, 0.05) is 19.0 Å². The van der Waals surface area contributed by atoms with Gasteiger partial charge in [0.1, 0.15) is 5.82 Å². The van der Waals surface area contributed by atoms with Crippen molar-refractivity contribution in [2.24, 2.45) is 5.92 Å². The average Bonchev–Trinajstić information content (AvgIpc) is 3.04. The van der Waals surface area contributed by atoms with Crippen LogP contribution in [0.1, 0.15) is 38.5 Å². The van der Waals surface area contributed by atoms with Crippen molar-refractivity contribution in [1.82, 2.24) is 15.1 Å². The highest BCUT2D eigenvalue weighted by molar-refractivity contribution is 5.78. The second kappa shape index (κ2) is 6.48. The number of aromatic nitrogens is 2. The molecule has 0 unspecified atom stereocenters. The van der Waals surface area contributed by atoms with Gasteiger partial charge in [0.05, 0.1) is 11.5 Å². The second-order valence-corrected chi connectivity index (χ2v) is 6.20. The highest BCUT2D eigenvalue weighted by Crippen LogP contribution is 2.29. The molecule has 0 radical (unpaired) electrons. The van der Waals surface area contributed by atoms with Crippen LogP contribution in [0.2, 0.25) is 0 Å². The summed E-state index contributed by atoms with van der Waals surface area (Å²) in [4.78, 5) is 14.0. The molecule has 1 saturated heterocycles. The lowest BCUT2D eigenvalue weighted by molar-refractivity contribution is -0.135. The quantitative estimate of drug-likeness (QED) is 0.872. The first-order valence-electron chi connectivity index (χ1n) is 7.93. The predicted molar refractivity (Wildman–Crippen MR) is 83.1 cm³/mol. The minimum absolute atomic E-state index is 0.0134. The first kappa shape index (κ1) is 15.6. The van der Waals surface area contributed by atoms with Crippen LogP contribution in [0.3, 0.4) is 0 Å². The Labute approximate surface area is 134 Å². The number of rotatable bonds is 3. The number of hydrogen-bond acceptors (Lipinski definition) is 4. The van der Waals surface area contributed by atoms with E-state index in [1.165, 1.54) is 6.07 Å². The molecule has 5 nitrogen and oxygen atoms in total. The van der Waals surface area contributed by atoms with Crippen LogP contribution in [0, 0.1) is 11.7 Å². The molecule has 1 atom stereocenters. The van der Waals surface area contributed by atoms with E-state index in [4.69, 9.17) is 4.42 Å². The predicted octanol–water partition coefficient (Wildman–Crippen LogP) is 3.24. The monoisotopic (exact) mass is 317 g/mol. The number of carbonyl (C=O) groups is 1. The number of piperidine rings is 1. The molecular weight excluding hydrogens is 297 g/mol. The Hall–Kier alpha value is -2.24. The lowest BCUT2D eigenvalue weighted by Crippen LogP contribution is -2.41. The molecule has 0 bridgehead atoms. The van der Waals surface area contributed by atoms with Gasteiger partial charge in [-0.15, -0.1) is 10.2 Å². The summed E-state index contributed by atoms with van der Waals surface area (Å²) in [6, 6.07) is 6.32. The third-order valence-electron chi connectivity index (χ3n) is 4.12. The molecule has 3 rings (SSSR count). The molecule has 122 valence electrons. The summed E-state index contributed by atoms with van der Waals surface area (Å²) in [6.07, 6.45) is 1.79. The van der Waals surface area contributed by atoms with Gasteiger partial charge in [-0.25, -0.2) is 4.39 Å². The third-order valence-corrected chi connectivity index (χ3v) is 4.12. The molecule has 1 amide bonds. The maximum atomic E-state index is 13.8. The van der Waals surface area contributed by atoms with Gasteiger partial charge in [0.15, 0.2) is 0 Å². The van der Waals surface area contributed by atoms with Gasteiger partial charge in [-0.2, -0.15) is 0 Å². The number of amides is 1. The minimum Gasteiger partial charge on any atom is -0.420 e. The summed E-state index contributed by atoms with van der Waals surface area (Å²) in [6.45, 7) is 5.14. The molecular formula is C17H20FN3O2. The fourth-order valence-corrected chi connectivity index (χ4v) is 2.89. The summed E-state index contributed by atoms with van der Waals surface area (Å²) < 4.78 is 19.5. The SMILES string of the molecule is CC(C)C(=O)N1CCC[C@@H](c2nnc(-c3ccccc3F)o2)C1. The summed E-state index contributed by atoms with van der Waals surface area (Å²) in [5.74, 6) is 0.409. The number of benzene rings is 1. The van der Waals surface area contributed by atoms with Crippen molar-refractivity contribution in [3.63, 3.8) is 0 Å². The summed E-state index contributed by atoms with van der Waals surface area (Å²) in [7, 11) is 0. The Morgan fingerprint density at radius 3 is 2.87 bits per heavy atom. The van der Waals surface area contributed by atoms with E-state index >= 15 is 0 Å². The normalized spacial score (nSPS) is 18.4. The van der Waals surface area contributed by atoms with Crippen LogP contribution in [0.15, 0.2) is 28.7 Å². The van der Waals surface area contributed by atoms with E-state index in [-0.39, 0.29) is 29.5 Å². The molecule has 2 heterocycles. The molecule has 1 aromatic heterocycles. The van der Waals surface area contributed by atoms with Gasteiger partial charge in [-0.3, -0.25) is 4.79 Å². The van der Waals surface area contributed by atoms with E-state index in [2.05, 4.69) is 10.2 Å². The van der Waals surface area contributed by atoms with Crippen molar-refractivity contribution in [2.75, 3.05) is 13.1 Å². The molecule has 0 N–H and O–H groups in total. The van der Waals surface area contributed by atoms with E-state index in [1.807, 2.05) is 18.7 Å². The smallest absolute Gasteiger partial charge is 0.250 e. The Bertz CT molecular complexity index is 699. The summed E-state index contributed by atoms with van der Waals surface area (Å²) >= 11 is 0. The summed E-state index contributed by atoms with van der Waals surface area (Å²) in [5.41, 5.74) is 0.303. The summed E-state index contributed by atoms with van der Waals surface area (Å²) in [5, 5.41) is 8.04. The molecule has 1 aliphatic rings. The van der Waals surface area contributed by atoms with Gasteiger partial charge in [0.2, 0.25) is 11.8 Å². The zero-order valence-electron chi connectivity index (χ0n) is 13.3. The first-order valence-corrected chi connectivity index (χ1v) is 7.93. The zero-order chi connectivity index (χ0) is 16.4. The van der Waals surface area contributed by atoms with Crippen molar-refractivity contribution >= 4 is 5.91 Å². The fraction of sp³-hybridized carbons (Fsp3) is 0.471. The van der Waals surface area contributed by atoms with Gasteiger partial charge < -0.3 is 9.32 Å². The van der Waals surface area contributed by atoms with Crippen molar-refractivity contribution < 1.29 is 13.6 Å². The number of likely N-dealkylation sites (tertiary alicyclic amines) is 1. The molecule has 0 spiro atoms. The molecule has 0 saturated carbocycles. The molecule has 23 heavy (non-hydrogen) atoms. The van der Waals surface area contributed by atoms with Crippen LogP contribution >= 0.6 is 0 Å². The maximum Gasteiger partial charge on any atom is 0.250 e. The van der Waals surface area contributed by atoms with Crippen LogP contribution in [0.25, 0.3) is 11.5 Å². The molecule has 1 fully saturated rings. The topological polar surface area (TPSA) is 59.2 Å². The van der Waals surface area contributed by atoms with Gasteiger partial charge in [-0.05, 0) is 25.0 Å². The zero-order valence-corrected chi connectivity index (χ0v) is 13.3. The highest BCUT2D eigenvalue weighted by atomic mass is 19.1. The van der Waals surface area contributed by atoms with Crippen LogP contribution in [0.4, 0.5) is 4.39 Å². The van der Waals surface area contributed by atoms with E-state index < -0.39 is 0 Å². The van der Waals surface area contributed by atoms with Crippen LogP contribution < -0.4 is 0 Å². The van der Waals surface area contributed by atoms with Gasteiger partial charge in [0.25, 0.3) is 5.89 Å². The Morgan fingerprint density at radius 2 is 2.13 bits per heavy atom. The Morgan fingerprint density at radius 1 is 1.35 bits per heavy atom. The molecule has 6 heteroatoms. The van der Waals surface area contributed by atoms with E-state index in [9.17, 15) is 9.18 Å². The lowest BCUT2D eigenvalue weighted by Gasteiger charge is -2.32. The second-order valence-electron chi connectivity index (χ2n) is 6.20. The van der Waals surface area contributed by atoms with E-state index in [0.717, 1.165) is 19.4 Å². The van der Waals surface area contributed by atoms with Crippen LogP contribution in [-0.2, 0) is 4.79 Å². The standard InChI is InChI=1S/C17H20FN3O2/c1-11(2)17(22)21-9-5-6-12(10-21)15-19-20-16(23-15)13-7-3-4-8-14(13)18/h3-4,7-8,11-12H,5-6,9-10H2,1-2H3/t12-/m1/s1. The third kappa shape index (κ3) is 3.25. The number of nitrogens with zero attached hydrogens (tertiary/aromatic N) is 3. The number of halogens is 1. The van der Waals surface area contributed by atoms with Crippen molar-refractivity contribution in [1.29, 1.82) is 0 Å². The maximum absolute atomic E-state index is 13.8. The molecule has 0 aliphatic carbocycles. The fourth-order valence-electron chi connectivity index (χ4n) is 2.89. The van der Waals surface area contributed by atoms with Crippen molar-refractivity contribution in [2.45, 2.75) is 32.6 Å². The Balaban J connectivity index is 1.78. The minimum atomic E-state index is -0.386. The number of carbonyl (C=O) groups excluding carboxylic acids is 1.